The molecule has 0 spiro atoms. The monoisotopic (exact) mass is 431 g/mol. The van der Waals surface area contributed by atoms with Gasteiger partial charge in [0.05, 0.1) is 6.04 Å². The Balaban J connectivity index is 0.00000407. The lowest BCUT2D eigenvalue weighted by Gasteiger charge is -2.21. The Bertz CT molecular complexity index is 698. The molecule has 0 aliphatic rings. The van der Waals surface area contributed by atoms with E-state index in [4.69, 9.17) is 16.5 Å². The summed E-state index contributed by atoms with van der Waals surface area (Å²) in [6.45, 7) is -0.224. The molecule has 1 aromatic carbocycles. The Labute approximate surface area is 171 Å². The largest absolute Gasteiger partial charge is 0.480 e. The third-order valence-electron chi connectivity index (χ3n) is 4.07. The summed E-state index contributed by atoms with van der Waals surface area (Å²) in [7, 11) is 0. The van der Waals surface area contributed by atoms with Crippen molar-refractivity contribution < 1.29 is 32.7 Å². The molecule has 30 heavy (non-hydrogen) atoms. The molecule has 12 heteroatoms. The van der Waals surface area contributed by atoms with Gasteiger partial charge in [-0.25, -0.2) is 0 Å². The van der Waals surface area contributed by atoms with E-state index in [0.29, 0.717) is 12.8 Å². The molecule has 0 aliphatic heterocycles. The van der Waals surface area contributed by atoms with Gasteiger partial charge in [0, 0.05) is 17.3 Å². The van der Waals surface area contributed by atoms with Gasteiger partial charge in [0.1, 0.15) is 6.04 Å². The van der Waals surface area contributed by atoms with E-state index in [1.165, 1.54) is 0 Å². The lowest BCUT2D eigenvalue weighted by molar-refractivity contribution is -0.173. The third kappa shape index (κ3) is 11.0. The van der Waals surface area contributed by atoms with Crippen LogP contribution in [0.2, 0.25) is 0 Å². The van der Waals surface area contributed by atoms with Crippen molar-refractivity contribution in [2.45, 2.75) is 50.4 Å². The zero-order valence-corrected chi connectivity index (χ0v) is 16.1. The van der Waals surface area contributed by atoms with Gasteiger partial charge in [-0.15, -0.1) is 0 Å². The van der Waals surface area contributed by atoms with Crippen molar-refractivity contribution in [3.8, 4) is 0 Å². The summed E-state index contributed by atoms with van der Waals surface area (Å²) < 4.78 is 36.2. The van der Waals surface area contributed by atoms with E-state index in [1.54, 1.807) is 5.32 Å². The third-order valence-corrected chi connectivity index (χ3v) is 4.07. The molecular formula is C18H24F3N5O4. The van der Waals surface area contributed by atoms with Crippen LogP contribution < -0.4 is 16.4 Å². The van der Waals surface area contributed by atoms with E-state index in [2.05, 4.69) is 5.32 Å². The number of nitrogens with one attached hydrogen (secondary N) is 2. The molecule has 9 nitrogen and oxygen atoms in total. The molecule has 166 valence electrons. The van der Waals surface area contributed by atoms with Crippen LogP contribution in [-0.2, 0) is 20.8 Å². The molecule has 0 bridgehead atoms. The Kier molecular flexibility index (Phi) is 12.4. The quantitative estimate of drug-likeness (QED) is 0.286. The highest BCUT2D eigenvalue weighted by Gasteiger charge is 2.38. The number of carboxylic acids is 1. The average Bonchev–Trinajstić information content (AvgIpc) is 2.70. The van der Waals surface area contributed by atoms with E-state index in [9.17, 15) is 32.7 Å². The first-order valence-electron chi connectivity index (χ1n) is 8.98. The summed E-state index contributed by atoms with van der Waals surface area (Å²) in [4.78, 5) is 33.7. The summed E-state index contributed by atoms with van der Waals surface area (Å²) in [5.41, 5.74) is 6.33. The van der Waals surface area contributed by atoms with Crippen LogP contribution in [-0.4, -0.2) is 47.7 Å². The Morgan fingerprint density at radius 2 is 1.63 bits per heavy atom. The number of aryl methyl sites for hydroxylation is 1. The Hall–Kier alpha value is -3.20. The van der Waals surface area contributed by atoms with Gasteiger partial charge in [-0.05, 0) is 37.7 Å². The maximum Gasteiger partial charge on any atom is 0.471 e. The Morgan fingerprint density at radius 1 is 1.03 bits per heavy atom. The van der Waals surface area contributed by atoms with E-state index >= 15 is 0 Å². The van der Waals surface area contributed by atoms with Gasteiger partial charge in [-0.1, -0.05) is 30.3 Å². The standard InChI is InChI=1S/C18H24F3N3O4.N2/c19-18(20,21)17(28)23-11-5-4-8-14(16(26)27)24-13(15(22)25)10-9-12-6-2-1-3-7-12;1-2/h1-3,6-7,13-14,24H,4-5,8-11H2,(H2,22,25)(H,23,28)(H,26,27);/t13-,14-;/m0./s1. The zero-order valence-electron chi connectivity index (χ0n) is 16.1. The number of aliphatic carboxylic acids is 1. The van der Waals surface area contributed by atoms with Crippen LogP contribution in [0.1, 0.15) is 31.2 Å². The molecule has 5 N–H and O–H groups in total. The molecule has 0 radical (unpaired) electrons. The highest BCUT2D eigenvalue weighted by atomic mass is 19.4. The lowest BCUT2D eigenvalue weighted by atomic mass is 10.0. The van der Waals surface area contributed by atoms with Crippen molar-refractivity contribution >= 4 is 17.8 Å². The maximum absolute atomic E-state index is 12.1. The fourth-order valence-corrected chi connectivity index (χ4v) is 2.56. The van der Waals surface area contributed by atoms with Crippen molar-refractivity contribution in [3.05, 3.63) is 35.9 Å². The molecule has 1 aromatic rings. The van der Waals surface area contributed by atoms with E-state index < -0.39 is 36.0 Å². The number of carbonyl (C=O) groups is 3. The number of unbranched alkanes of at least 4 members (excludes halogenated alkanes) is 1. The highest BCUT2D eigenvalue weighted by Crippen LogP contribution is 2.14. The zero-order chi connectivity index (χ0) is 23.2. The average molecular weight is 431 g/mol. The van der Waals surface area contributed by atoms with E-state index in [0.717, 1.165) is 5.56 Å². The molecular weight excluding hydrogens is 407 g/mol. The number of hydrogen-bond donors (Lipinski definition) is 4. The van der Waals surface area contributed by atoms with Gasteiger partial charge in [0.2, 0.25) is 5.91 Å². The van der Waals surface area contributed by atoms with Gasteiger partial charge < -0.3 is 16.2 Å². The number of primary amides is 1. The van der Waals surface area contributed by atoms with Crippen LogP contribution in [0.5, 0.6) is 0 Å². The number of hydrogen-bond acceptors (Lipinski definition) is 6. The SMILES string of the molecule is N#N.NC(=O)[C@H](CCc1ccccc1)N[C@@H](CCCCNC(=O)C(F)(F)F)C(=O)O. The molecule has 0 heterocycles. The van der Waals surface area contributed by atoms with Gasteiger partial charge in [-0.3, -0.25) is 19.7 Å². The number of benzene rings is 1. The summed E-state index contributed by atoms with van der Waals surface area (Å²) in [6.07, 6.45) is -3.63. The van der Waals surface area contributed by atoms with Crippen molar-refractivity contribution in [1.29, 1.82) is 10.8 Å². The van der Waals surface area contributed by atoms with Crippen LogP contribution in [0.15, 0.2) is 30.3 Å². The second-order valence-electron chi connectivity index (χ2n) is 6.29. The minimum Gasteiger partial charge on any atom is -0.480 e. The summed E-state index contributed by atoms with van der Waals surface area (Å²) in [6, 6.07) is 7.37. The number of carboxylic acid groups (broad SMARTS) is 1. The first kappa shape index (κ1) is 26.8. The number of alkyl halides is 3. The molecule has 0 aliphatic carbocycles. The first-order valence-corrected chi connectivity index (χ1v) is 8.98. The highest BCUT2D eigenvalue weighted by molar-refractivity contribution is 5.82. The molecule has 2 amide bonds. The second-order valence-corrected chi connectivity index (χ2v) is 6.29. The number of amides is 2. The smallest absolute Gasteiger partial charge is 0.471 e. The molecule has 0 saturated carbocycles. The van der Waals surface area contributed by atoms with Crippen molar-refractivity contribution in [3.63, 3.8) is 0 Å². The number of halogens is 3. The number of carbonyl (C=O) groups excluding carboxylic acids is 2. The molecule has 0 fully saturated rings. The van der Waals surface area contributed by atoms with Crippen molar-refractivity contribution in [2.24, 2.45) is 5.73 Å². The normalized spacial score (nSPS) is 12.7. The van der Waals surface area contributed by atoms with Crippen LogP contribution >= 0.6 is 0 Å². The fourth-order valence-electron chi connectivity index (χ4n) is 2.56. The molecule has 1 rings (SSSR count). The molecule has 2 atom stereocenters. The van der Waals surface area contributed by atoms with Crippen molar-refractivity contribution in [2.75, 3.05) is 6.54 Å². The summed E-state index contributed by atoms with van der Waals surface area (Å²) in [5.74, 6) is -3.90. The minimum absolute atomic E-state index is 0.0757. The fraction of sp³-hybridized carbons (Fsp3) is 0.500. The number of rotatable bonds is 12. The van der Waals surface area contributed by atoms with Crippen molar-refractivity contribution in [1.82, 2.24) is 10.6 Å². The van der Waals surface area contributed by atoms with Gasteiger partial charge in [0.15, 0.2) is 0 Å². The van der Waals surface area contributed by atoms with Gasteiger partial charge >= 0.3 is 18.1 Å². The van der Waals surface area contributed by atoms with E-state index in [-0.39, 0.29) is 25.8 Å². The van der Waals surface area contributed by atoms with Crippen LogP contribution in [0.4, 0.5) is 13.2 Å². The maximum atomic E-state index is 12.1. The predicted molar refractivity (Wildman–Crippen MR) is 98.7 cm³/mol. The lowest BCUT2D eigenvalue weighted by Crippen LogP contribution is -2.49. The Morgan fingerprint density at radius 3 is 2.13 bits per heavy atom. The van der Waals surface area contributed by atoms with Crippen LogP contribution in [0, 0.1) is 10.8 Å². The number of nitrogens with zero attached hydrogens (tertiary/aromatic N) is 2. The van der Waals surface area contributed by atoms with Gasteiger partial charge in [0.25, 0.3) is 0 Å². The van der Waals surface area contributed by atoms with Gasteiger partial charge in [-0.2, -0.15) is 13.2 Å². The van der Waals surface area contributed by atoms with Crippen LogP contribution in [0.3, 0.4) is 0 Å². The second kappa shape index (κ2) is 13.9. The van der Waals surface area contributed by atoms with E-state index in [1.807, 2.05) is 30.3 Å². The number of nitrogens with two attached hydrogens (primary N) is 1. The first-order chi connectivity index (χ1) is 14.1. The topological polar surface area (TPSA) is 169 Å². The van der Waals surface area contributed by atoms with Crippen LogP contribution in [0.25, 0.3) is 0 Å². The summed E-state index contributed by atoms with van der Waals surface area (Å²) >= 11 is 0. The minimum atomic E-state index is -4.95. The molecule has 0 saturated heterocycles. The molecule has 0 aromatic heterocycles. The summed E-state index contributed by atoms with van der Waals surface area (Å²) in [5, 5.41) is 25.7. The molecule has 0 unspecified atom stereocenters. The predicted octanol–water partition coefficient (Wildman–Crippen LogP) is 1.39.